The minimum absolute atomic E-state index is 0.311. The van der Waals surface area contributed by atoms with E-state index in [9.17, 15) is 4.79 Å². The van der Waals surface area contributed by atoms with Crippen LogP contribution in [0.15, 0.2) is 36.4 Å². The highest BCUT2D eigenvalue weighted by Crippen LogP contribution is 2.33. The number of methoxy groups -OCH3 is 3. The van der Waals surface area contributed by atoms with Crippen molar-refractivity contribution in [3.05, 3.63) is 47.0 Å². The molecule has 2 aromatic carbocycles. The van der Waals surface area contributed by atoms with E-state index in [1.165, 1.54) is 7.11 Å². The molecule has 2 N–H and O–H groups in total. The van der Waals surface area contributed by atoms with E-state index in [0.29, 0.717) is 34.5 Å². The van der Waals surface area contributed by atoms with Crippen LogP contribution in [0.1, 0.15) is 19.4 Å². The van der Waals surface area contributed by atoms with Crippen LogP contribution in [0, 0.1) is 0 Å². The minimum atomic E-state index is -0.315. The summed E-state index contributed by atoms with van der Waals surface area (Å²) >= 11 is 6.08. The molecule has 2 aromatic rings. The van der Waals surface area contributed by atoms with E-state index in [2.05, 4.69) is 10.6 Å². The third kappa shape index (κ3) is 5.20. The molecule has 0 saturated carbocycles. The summed E-state index contributed by atoms with van der Waals surface area (Å²) in [6.07, 6.45) is 0. The fraction of sp³-hybridized carbons (Fsp3) is 0.350. The van der Waals surface area contributed by atoms with E-state index in [-0.39, 0.29) is 11.4 Å². The topological polar surface area (TPSA) is 68.8 Å². The van der Waals surface area contributed by atoms with Crippen molar-refractivity contribution in [3.8, 4) is 17.2 Å². The predicted molar refractivity (Wildman–Crippen MR) is 108 cm³/mol. The average molecular weight is 393 g/mol. The monoisotopic (exact) mass is 392 g/mol. The largest absolute Gasteiger partial charge is 0.495 e. The van der Waals surface area contributed by atoms with Gasteiger partial charge in [-0.1, -0.05) is 31.5 Å². The molecular weight excluding hydrogens is 368 g/mol. The number of ether oxygens (including phenoxy) is 3. The van der Waals surface area contributed by atoms with Crippen LogP contribution in [0.5, 0.6) is 17.2 Å². The molecule has 0 aliphatic carbocycles. The number of halogens is 1. The van der Waals surface area contributed by atoms with Gasteiger partial charge >= 0.3 is 6.03 Å². The predicted octanol–water partition coefficient (Wildman–Crippen LogP) is 4.47. The quantitative estimate of drug-likeness (QED) is 0.729. The fourth-order valence-corrected chi connectivity index (χ4v) is 2.84. The second-order valence-corrected chi connectivity index (χ2v) is 7.02. The number of amides is 2. The first kappa shape index (κ1) is 20.7. The highest BCUT2D eigenvalue weighted by atomic mass is 35.5. The zero-order chi connectivity index (χ0) is 20.0. The molecule has 0 atom stereocenters. The lowest BCUT2D eigenvalue weighted by Gasteiger charge is -2.26. The van der Waals surface area contributed by atoms with Crippen LogP contribution in [0.25, 0.3) is 0 Å². The van der Waals surface area contributed by atoms with Crippen LogP contribution < -0.4 is 24.8 Å². The van der Waals surface area contributed by atoms with Crippen molar-refractivity contribution >= 4 is 23.3 Å². The van der Waals surface area contributed by atoms with Gasteiger partial charge in [-0.2, -0.15) is 0 Å². The lowest BCUT2D eigenvalue weighted by atomic mass is 9.84. The third-order valence-corrected chi connectivity index (χ3v) is 4.56. The lowest BCUT2D eigenvalue weighted by Crippen LogP contribution is -2.39. The summed E-state index contributed by atoms with van der Waals surface area (Å²) in [5.41, 5.74) is 1.30. The van der Waals surface area contributed by atoms with E-state index in [1.807, 2.05) is 32.0 Å². The van der Waals surface area contributed by atoms with Gasteiger partial charge in [0.15, 0.2) is 11.5 Å². The number of hydrogen-bond donors (Lipinski definition) is 2. The van der Waals surface area contributed by atoms with Crippen LogP contribution in [-0.2, 0) is 5.41 Å². The molecule has 0 aliphatic rings. The highest BCUT2D eigenvalue weighted by molar-refractivity contribution is 6.32. The van der Waals surface area contributed by atoms with E-state index in [1.54, 1.807) is 32.4 Å². The van der Waals surface area contributed by atoms with Crippen LogP contribution in [0.4, 0.5) is 10.5 Å². The van der Waals surface area contributed by atoms with E-state index >= 15 is 0 Å². The standard InChI is InChI=1S/C20H25ClN2O4/c1-20(2,13-6-8-17(26-4)18(10-13)27-5)12-22-19(24)23-14-7-9-16(25-3)15(21)11-14/h6-11H,12H2,1-5H3,(H2,22,23,24). The Morgan fingerprint density at radius 3 is 2.19 bits per heavy atom. The Morgan fingerprint density at radius 2 is 1.59 bits per heavy atom. The van der Waals surface area contributed by atoms with Gasteiger partial charge < -0.3 is 24.8 Å². The Labute approximate surface area is 164 Å². The van der Waals surface area contributed by atoms with Crippen LogP contribution in [-0.4, -0.2) is 33.9 Å². The first-order valence-corrected chi connectivity index (χ1v) is 8.79. The summed E-state index contributed by atoms with van der Waals surface area (Å²) in [5, 5.41) is 6.08. The molecule has 0 saturated heterocycles. The highest BCUT2D eigenvalue weighted by Gasteiger charge is 2.23. The van der Waals surface area contributed by atoms with Crippen molar-refractivity contribution in [2.24, 2.45) is 0 Å². The first-order valence-electron chi connectivity index (χ1n) is 8.41. The van der Waals surface area contributed by atoms with Gasteiger partial charge in [-0.15, -0.1) is 0 Å². The number of carbonyl (C=O) groups is 1. The summed E-state index contributed by atoms with van der Waals surface area (Å²) < 4.78 is 15.7. The van der Waals surface area contributed by atoms with Crippen LogP contribution in [0.3, 0.4) is 0 Å². The average Bonchev–Trinajstić information content (AvgIpc) is 2.66. The molecule has 0 unspecified atom stereocenters. The van der Waals surface area contributed by atoms with Gasteiger partial charge in [-0.25, -0.2) is 4.79 Å². The minimum Gasteiger partial charge on any atom is -0.495 e. The van der Waals surface area contributed by atoms with Gasteiger partial charge in [0.05, 0.1) is 26.4 Å². The molecule has 27 heavy (non-hydrogen) atoms. The Bertz CT molecular complexity index is 809. The van der Waals surface area contributed by atoms with Crippen molar-refractivity contribution < 1.29 is 19.0 Å². The maximum atomic E-state index is 12.2. The van der Waals surface area contributed by atoms with Gasteiger partial charge in [-0.05, 0) is 35.9 Å². The van der Waals surface area contributed by atoms with Crippen molar-refractivity contribution in [3.63, 3.8) is 0 Å². The Hall–Kier alpha value is -2.60. The molecular formula is C20H25ClN2O4. The molecule has 0 aliphatic heterocycles. The zero-order valence-corrected chi connectivity index (χ0v) is 16.9. The maximum Gasteiger partial charge on any atom is 0.319 e. The molecule has 146 valence electrons. The van der Waals surface area contributed by atoms with E-state index in [4.69, 9.17) is 25.8 Å². The third-order valence-electron chi connectivity index (χ3n) is 4.27. The first-order chi connectivity index (χ1) is 12.8. The molecule has 0 heterocycles. The number of urea groups is 1. The summed E-state index contributed by atoms with van der Waals surface area (Å²) in [6.45, 7) is 4.51. The van der Waals surface area contributed by atoms with Crippen LogP contribution >= 0.6 is 11.6 Å². The fourth-order valence-electron chi connectivity index (χ4n) is 2.58. The Kier molecular flexibility index (Phi) is 6.80. The Morgan fingerprint density at radius 1 is 0.963 bits per heavy atom. The normalized spacial score (nSPS) is 10.9. The zero-order valence-electron chi connectivity index (χ0n) is 16.2. The molecule has 0 bridgehead atoms. The second kappa shape index (κ2) is 8.86. The smallest absolute Gasteiger partial charge is 0.319 e. The molecule has 2 amide bonds. The maximum absolute atomic E-state index is 12.2. The van der Waals surface area contributed by atoms with Gasteiger partial charge in [0, 0.05) is 17.6 Å². The molecule has 0 radical (unpaired) electrons. The summed E-state index contributed by atoms with van der Waals surface area (Å²) in [5.74, 6) is 1.87. The van der Waals surface area contributed by atoms with Crippen LogP contribution in [0.2, 0.25) is 5.02 Å². The van der Waals surface area contributed by atoms with Crippen molar-refractivity contribution in [2.75, 3.05) is 33.2 Å². The summed E-state index contributed by atoms with van der Waals surface area (Å²) in [4.78, 5) is 12.2. The number of rotatable bonds is 7. The van der Waals surface area contributed by atoms with Crippen molar-refractivity contribution in [1.29, 1.82) is 0 Å². The molecule has 6 nitrogen and oxygen atoms in total. The Balaban J connectivity index is 2.01. The number of benzene rings is 2. The molecule has 0 aromatic heterocycles. The number of nitrogens with one attached hydrogen (secondary N) is 2. The molecule has 0 spiro atoms. The summed E-state index contributed by atoms with van der Waals surface area (Å²) in [7, 11) is 4.73. The van der Waals surface area contributed by atoms with E-state index < -0.39 is 0 Å². The lowest BCUT2D eigenvalue weighted by molar-refractivity contribution is 0.249. The van der Waals surface area contributed by atoms with Gasteiger partial charge in [0.25, 0.3) is 0 Å². The summed E-state index contributed by atoms with van der Waals surface area (Å²) in [6, 6.07) is 10.5. The number of hydrogen-bond acceptors (Lipinski definition) is 4. The van der Waals surface area contributed by atoms with Gasteiger partial charge in [-0.3, -0.25) is 0 Å². The number of carbonyl (C=O) groups excluding carboxylic acids is 1. The molecule has 2 rings (SSSR count). The van der Waals surface area contributed by atoms with Crippen molar-refractivity contribution in [1.82, 2.24) is 5.32 Å². The molecule has 7 heteroatoms. The number of anilines is 1. The SMILES string of the molecule is COc1ccc(NC(=O)NCC(C)(C)c2ccc(OC)c(OC)c2)cc1Cl. The van der Waals surface area contributed by atoms with Crippen molar-refractivity contribution in [2.45, 2.75) is 19.3 Å². The van der Waals surface area contributed by atoms with Gasteiger partial charge in [0.2, 0.25) is 0 Å². The van der Waals surface area contributed by atoms with Gasteiger partial charge in [0.1, 0.15) is 5.75 Å². The second-order valence-electron chi connectivity index (χ2n) is 6.61. The van der Waals surface area contributed by atoms with E-state index in [0.717, 1.165) is 5.56 Å². The molecule has 0 fully saturated rings.